The Kier molecular flexibility index (Phi) is 5.71. The van der Waals surface area contributed by atoms with Crippen molar-refractivity contribution in [3.05, 3.63) is 62.9 Å². The third-order valence-electron chi connectivity index (χ3n) is 6.21. The first-order valence-corrected chi connectivity index (χ1v) is 12.4. The Hall–Kier alpha value is -2.66. The van der Waals surface area contributed by atoms with Crippen LogP contribution < -0.4 is 15.4 Å². The third-order valence-corrected chi connectivity index (χ3v) is 7.58. The van der Waals surface area contributed by atoms with Crippen LogP contribution in [-0.4, -0.2) is 29.4 Å². The summed E-state index contributed by atoms with van der Waals surface area (Å²) in [6, 6.07) is 7.46. The number of hydrogen-bond donors (Lipinski definition) is 2. The largest absolute Gasteiger partial charge is 0.481 e. The summed E-state index contributed by atoms with van der Waals surface area (Å²) in [5.74, 6) is 1.46. The molecular weight excluding hydrogens is 501 g/mol. The molecular formula is C24H20ClF3N4O2S. The molecule has 35 heavy (non-hydrogen) atoms. The first-order valence-electron chi connectivity index (χ1n) is 11.2. The van der Waals surface area contributed by atoms with E-state index in [1.807, 2.05) is 24.3 Å². The van der Waals surface area contributed by atoms with Crippen molar-refractivity contribution < 1.29 is 22.4 Å². The van der Waals surface area contributed by atoms with E-state index in [-0.39, 0.29) is 12.6 Å². The molecule has 0 saturated carbocycles. The van der Waals surface area contributed by atoms with Gasteiger partial charge < -0.3 is 19.9 Å². The fourth-order valence-electron chi connectivity index (χ4n) is 4.70. The molecule has 2 N–H and O–H groups in total. The van der Waals surface area contributed by atoms with E-state index in [1.165, 1.54) is 11.3 Å². The number of thiophene rings is 1. The van der Waals surface area contributed by atoms with Gasteiger partial charge in [-0.1, -0.05) is 16.8 Å². The van der Waals surface area contributed by atoms with Crippen LogP contribution in [0.1, 0.15) is 33.6 Å². The molecule has 0 spiro atoms. The molecule has 5 heterocycles. The van der Waals surface area contributed by atoms with E-state index in [1.54, 1.807) is 6.20 Å². The minimum absolute atomic E-state index is 0.108. The van der Waals surface area contributed by atoms with Crippen LogP contribution in [0.4, 0.5) is 13.2 Å². The fourth-order valence-corrected chi connectivity index (χ4v) is 6.05. The zero-order valence-corrected chi connectivity index (χ0v) is 19.9. The van der Waals surface area contributed by atoms with Crippen molar-refractivity contribution in [3.63, 3.8) is 0 Å². The number of hydrogen-bond acceptors (Lipinski definition) is 7. The summed E-state index contributed by atoms with van der Waals surface area (Å²) in [6.07, 6.45) is -1.44. The van der Waals surface area contributed by atoms with Crippen LogP contribution in [0, 0.1) is 0 Å². The summed E-state index contributed by atoms with van der Waals surface area (Å²) in [4.78, 5) is 5.19. The van der Waals surface area contributed by atoms with Crippen molar-refractivity contribution in [1.29, 1.82) is 0 Å². The molecule has 11 heteroatoms. The second-order valence-corrected chi connectivity index (χ2v) is 10.2. The number of nitrogens with one attached hydrogen (secondary N) is 2. The molecule has 0 saturated heterocycles. The Morgan fingerprint density at radius 3 is 2.97 bits per heavy atom. The lowest BCUT2D eigenvalue weighted by atomic mass is 9.99. The highest BCUT2D eigenvalue weighted by molar-refractivity contribution is 7.19. The molecule has 3 aromatic heterocycles. The van der Waals surface area contributed by atoms with Crippen molar-refractivity contribution in [3.8, 4) is 16.9 Å². The molecule has 2 aliphatic heterocycles. The Labute approximate surface area is 207 Å². The molecule has 1 aromatic carbocycles. The molecule has 4 aromatic rings. The van der Waals surface area contributed by atoms with Gasteiger partial charge >= 0.3 is 6.18 Å². The number of nitrogens with zero attached hydrogens (tertiary/aromatic N) is 2. The standard InChI is InChI=1S/C24H20ClF3N4O2S/c25-13-5-12-6-20(22-17-10-29-3-2-18(17)32-34-22)33-21(12)16(7-13)15-1-4-31-19-8-14(35-23(15)19)9-30-11-24(26,27)28/h1,4-5,7-8,20,29-30H,2-3,6,9-11H2. The van der Waals surface area contributed by atoms with E-state index in [2.05, 4.69) is 20.8 Å². The highest BCUT2D eigenvalue weighted by atomic mass is 35.5. The predicted octanol–water partition coefficient (Wildman–Crippen LogP) is 5.58. The SMILES string of the molecule is FC(F)(F)CNCc1cc2nccc(-c3cc(Cl)cc4c3OC(c3onc5c3CNCC5)C4)c2s1. The van der Waals surface area contributed by atoms with E-state index in [0.717, 1.165) is 67.5 Å². The number of rotatable bonds is 5. The molecule has 2 aliphatic rings. The maximum absolute atomic E-state index is 12.5. The fraction of sp³-hybridized carbons (Fsp3) is 0.333. The lowest BCUT2D eigenvalue weighted by molar-refractivity contribution is -0.125. The van der Waals surface area contributed by atoms with Crippen LogP contribution in [-0.2, 0) is 25.9 Å². The van der Waals surface area contributed by atoms with E-state index in [0.29, 0.717) is 18.0 Å². The Morgan fingerprint density at radius 1 is 1.23 bits per heavy atom. The van der Waals surface area contributed by atoms with E-state index in [9.17, 15) is 13.2 Å². The number of benzene rings is 1. The zero-order chi connectivity index (χ0) is 24.2. The molecule has 182 valence electrons. The molecule has 0 amide bonds. The average Bonchev–Trinajstić information content (AvgIpc) is 3.53. The quantitative estimate of drug-likeness (QED) is 0.358. The third kappa shape index (κ3) is 4.40. The number of pyridine rings is 1. The van der Waals surface area contributed by atoms with Crippen LogP contribution in [0.2, 0.25) is 5.02 Å². The molecule has 1 atom stereocenters. The second kappa shape index (κ2) is 8.77. The molecule has 6 nitrogen and oxygen atoms in total. The number of ether oxygens (including phenoxy) is 1. The lowest BCUT2D eigenvalue weighted by Gasteiger charge is -2.15. The van der Waals surface area contributed by atoms with E-state index >= 15 is 0 Å². The maximum Gasteiger partial charge on any atom is 0.401 e. The average molecular weight is 521 g/mol. The summed E-state index contributed by atoms with van der Waals surface area (Å²) in [5, 5.41) is 10.6. The van der Waals surface area contributed by atoms with E-state index in [4.69, 9.17) is 20.9 Å². The van der Waals surface area contributed by atoms with Gasteiger partial charge in [0.15, 0.2) is 11.9 Å². The van der Waals surface area contributed by atoms with Gasteiger partial charge in [0.2, 0.25) is 0 Å². The first-order chi connectivity index (χ1) is 16.9. The predicted molar refractivity (Wildman–Crippen MR) is 127 cm³/mol. The van der Waals surface area contributed by atoms with Gasteiger partial charge in [0.05, 0.1) is 22.5 Å². The molecule has 0 radical (unpaired) electrons. The zero-order valence-electron chi connectivity index (χ0n) is 18.3. The van der Waals surface area contributed by atoms with Gasteiger partial charge in [-0.05, 0) is 24.3 Å². The van der Waals surface area contributed by atoms with Gasteiger partial charge in [-0.25, -0.2) is 0 Å². The number of aromatic nitrogens is 2. The van der Waals surface area contributed by atoms with Crippen molar-refractivity contribution >= 4 is 33.2 Å². The Bertz CT molecular complexity index is 1420. The summed E-state index contributed by atoms with van der Waals surface area (Å²) >= 11 is 7.91. The highest BCUT2D eigenvalue weighted by Gasteiger charge is 2.34. The van der Waals surface area contributed by atoms with Gasteiger partial charge in [-0.15, -0.1) is 11.3 Å². The summed E-state index contributed by atoms with van der Waals surface area (Å²) < 4.78 is 50.6. The van der Waals surface area contributed by atoms with E-state index < -0.39 is 12.7 Å². The minimum Gasteiger partial charge on any atom is -0.481 e. The topological polar surface area (TPSA) is 72.2 Å². The number of halogens is 4. The minimum atomic E-state index is -4.26. The van der Waals surface area contributed by atoms with Crippen LogP contribution in [0.25, 0.3) is 21.3 Å². The molecule has 6 rings (SSSR count). The Balaban J connectivity index is 1.34. The van der Waals surface area contributed by atoms with Crippen molar-refractivity contribution in [2.75, 3.05) is 13.1 Å². The van der Waals surface area contributed by atoms with Crippen molar-refractivity contribution in [2.24, 2.45) is 0 Å². The molecule has 1 unspecified atom stereocenters. The van der Waals surface area contributed by atoms with Crippen LogP contribution in [0.3, 0.4) is 0 Å². The molecule has 0 bridgehead atoms. The second-order valence-electron chi connectivity index (χ2n) is 8.66. The lowest BCUT2D eigenvalue weighted by Crippen LogP contribution is -2.27. The van der Waals surface area contributed by atoms with Crippen LogP contribution in [0.15, 0.2) is 35.0 Å². The van der Waals surface area contributed by atoms with Crippen LogP contribution >= 0.6 is 22.9 Å². The first kappa shape index (κ1) is 22.8. The molecule has 0 aliphatic carbocycles. The van der Waals surface area contributed by atoms with Gasteiger partial charge in [-0.3, -0.25) is 4.98 Å². The normalized spacial score (nSPS) is 17.4. The Morgan fingerprint density at radius 2 is 2.11 bits per heavy atom. The highest BCUT2D eigenvalue weighted by Crippen LogP contribution is 2.48. The molecule has 0 fully saturated rings. The maximum atomic E-state index is 12.5. The summed E-state index contributed by atoms with van der Waals surface area (Å²) in [5.41, 5.74) is 5.42. The van der Waals surface area contributed by atoms with Gasteiger partial charge in [0.1, 0.15) is 5.75 Å². The number of fused-ring (bicyclic) bond motifs is 3. The summed E-state index contributed by atoms with van der Waals surface area (Å²) in [7, 11) is 0. The van der Waals surface area contributed by atoms with Gasteiger partial charge in [0, 0.05) is 70.8 Å². The smallest absolute Gasteiger partial charge is 0.401 e. The number of alkyl halides is 3. The van der Waals surface area contributed by atoms with Crippen LogP contribution in [0.5, 0.6) is 5.75 Å². The van der Waals surface area contributed by atoms with Crippen molar-refractivity contribution in [1.82, 2.24) is 20.8 Å². The van der Waals surface area contributed by atoms with Gasteiger partial charge in [-0.2, -0.15) is 13.2 Å². The van der Waals surface area contributed by atoms with Crippen molar-refractivity contribution in [2.45, 2.75) is 38.2 Å². The summed E-state index contributed by atoms with van der Waals surface area (Å²) in [6.45, 7) is 0.636. The van der Waals surface area contributed by atoms with Gasteiger partial charge in [0.25, 0.3) is 0 Å². The monoisotopic (exact) mass is 520 g/mol.